The number of carbonyl (C=O) groups is 5. The number of benzene rings is 5. The fraction of sp³-hybridized carbons (Fsp3) is 0.383. The topological polar surface area (TPSA) is 158 Å². The lowest BCUT2D eigenvalue weighted by Gasteiger charge is -2.46. The van der Waals surface area contributed by atoms with Gasteiger partial charge in [-0.2, -0.15) is 0 Å². The van der Waals surface area contributed by atoms with Gasteiger partial charge < -0.3 is 29.5 Å². The first kappa shape index (κ1) is 51.6. The Morgan fingerprint density at radius 2 is 1.46 bits per heavy atom. The first-order valence-corrected chi connectivity index (χ1v) is 25.8. The third kappa shape index (κ3) is 9.91. The van der Waals surface area contributed by atoms with Crippen LogP contribution in [0.5, 0.6) is 5.75 Å². The fourth-order valence-corrected chi connectivity index (χ4v) is 11.6. The van der Waals surface area contributed by atoms with Gasteiger partial charge in [0.25, 0.3) is 0 Å². The molecule has 7 atom stereocenters. The van der Waals surface area contributed by atoms with Crippen LogP contribution in [0, 0.1) is 23.7 Å². The average molecular weight is 1000 g/mol. The van der Waals surface area contributed by atoms with E-state index in [4.69, 9.17) is 14.2 Å². The molecule has 0 saturated carbocycles. The van der Waals surface area contributed by atoms with Crippen LogP contribution in [0.1, 0.15) is 97.5 Å². The van der Waals surface area contributed by atoms with E-state index in [0.29, 0.717) is 54.2 Å². The van der Waals surface area contributed by atoms with E-state index in [1.165, 1.54) is 7.11 Å². The van der Waals surface area contributed by atoms with Crippen molar-refractivity contribution < 1.29 is 43.3 Å². The maximum absolute atomic E-state index is 17.0. The van der Waals surface area contributed by atoms with E-state index >= 15 is 19.2 Å². The van der Waals surface area contributed by atoms with Crippen LogP contribution in [0.4, 0.5) is 10.5 Å². The summed E-state index contributed by atoms with van der Waals surface area (Å²) < 4.78 is 18.2. The molecule has 1 spiro atoms. The van der Waals surface area contributed by atoms with E-state index in [9.17, 15) is 9.90 Å². The molecular formula is C60H65N5O9. The molecule has 384 valence electrons. The minimum absolute atomic E-state index is 0.102. The molecule has 4 heterocycles. The van der Waals surface area contributed by atoms with Crippen molar-refractivity contribution in [2.45, 2.75) is 88.2 Å². The molecule has 0 bridgehead atoms. The number of nitrogens with zero attached hydrogens (tertiary/aromatic N) is 4. The van der Waals surface area contributed by atoms with E-state index in [-0.39, 0.29) is 18.9 Å². The van der Waals surface area contributed by atoms with Crippen LogP contribution in [0.15, 0.2) is 133 Å². The Morgan fingerprint density at radius 3 is 2.12 bits per heavy atom. The number of morpholine rings is 1. The molecule has 3 saturated heterocycles. The summed E-state index contributed by atoms with van der Waals surface area (Å²) >= 11 is 0. The molecule has 2 N–H and O–H groups in total. The molecule has 9 rings (SSSR count). The number of methoxy groups -OCH3 is 1. The lowest BCUT2D eigenvalue weighted by molar-refractivity contribution is -0.179. The summed E-state index contributed by atoms with van der Waals surface area (Å²) in [5.74, 6) is 2.44. The Hall–Kier alpha value is -7.31. The number of fused-ring (bicyclic) bond motifs is 3. The van der Waals surface area contributed by atoms with Gasteiger partial charge in [0, 0.05) is 30.8 Å². The predicted molar refractivity (Wildman–Crippen MR) is 279 cm³/mol. The number of carbonyl (C=O) groups excluding carboxylic acids is 5. The van der Waals surface area contributed by atoms with Crippen molar-refractivity contribution in [1.82, 2.24) is 20.0 Å². The summed E-state index contributed by atoms with van der Waals surface area (Å²) in [5, 5.41) is 13.0. The summed E-state index contributed by atoms with van der Waals surface area (Å²) in [6, 6.07) is 36.0. The van der Waals surface area contributed by atoms with Gasteiger partial charge in [0.1, 0.15) is 36.0 Å². The number of rotatable bonds is 13. The van der Waals surface area contributed by atoms with Gasteiger partial charge in [-0.25, -0.2) is 14.5 Å². The van der Waals surface area contributed by atoms with Gasteiger partial charge in [-0.15, -0.1) is 0 Å². The number of urea groups is 1. The summed E-state index contributed by atoms with van der Waals surface area (Å²) in [4.78, 5) is 84.6. The van der Waals surface area contributed by atoms with Crippen LogP contribution in [0.2, 0.25) is 0 Å². The van der Waals surface area contributed by atoms with Crippen molar-refractivity contribution in [3.05, 3.63) is 167 Å². The smallest absolute Gasteiger partial charge is 0.329 e. The highest BCUT2D eigenvalue weighted by molar-refractivity contribution is 6.25. The van der Waals surface area contributed by atoms with E-state index in [1.807, 2.05) is 103 Å². The number of aliphatic hydroxyl groups is 1. The zero-order valence-corrected chi connectivity index (χ0v) is 42.5. The van der Waals surface area contributed by atoms with Gasteiger partial charge >= 0.3 is 18.0 Å². The molecule has 4 amide bonds. The first-order chi connectivity index (χ1) is 36.0. The predicted octanol–water partition coefficient (Wildman–Crippen LogP) is 7.91. The van der Waals surface area contributed by atoms with Crippen LogP contribution in [-0.4, -0.2) is 109 Å². The zero-order valence-electron chi connectivity index (χ0n) is 42.5. The van der Waals surface area contributed by atoms with Crippen LogP contribution < -0.4 is 15.0 Å². The Morgan fingerprint density at radius 1 is 0.824 bits per heavy atom. The number of esters is 2. The number of hydrogen-bond acceptors (Lipinski definition) is 11. The maximum atomic E-state index is 17.0. The largest absolute Gasteiger partial charge is 0.491 e. The SMILES string of the molecule is COC(=O)[C@@H](NC(=O)N1C(=O)[C@@]2(c3cc(C#CCN(C)Cc4ccccc4)ccc31)[C@H](c1ccccc1OCCO)N1[C@H](c3ccccc3)[C@H](c3ccccc3)OC(=O)[C@H]1[C@@H]2C(=O)N1CCCCCCC1)C(C)C. The number of aliphatic hydroxyl groups excluding tert-OH is 1. The number of ether oxygens (including phenoxy) is 3. The Kier molecular flexibility index (Phi) is 15.9. The van der Waals surface area contributed by atoms with Gasteiger partial charge in [0.15, 0.2) is 0 Å². The summed E-state index contributed by atoms with van der Waals surface area (Å²) in [5.41, 5.74) is 1.93. The van der Waals surface area contributed by atoms with Gasteiger partial charge in [-0.3, -0.25) is 24.2 Å². The highest BCUT2D eigenvalue weighted by atomic mass is 16.6. The standard InChI is InChI=1S/C60H65N5O9/c1-40(2)50(56(68)72-4)61-59(71)64-47-32-31-41(24-21-33-62(3)39-42-22-11-8-12-23-42)38-46(47)60(58(64)70)49(55(67)63-34-19-6-5-7-20-35-63)52-57(69)74-53(44-27-15-10-16-28-44)51(43-25-13-9-14-26-43)65(52)54(60)45-29-17-18-30-48(45)73-37-36-66/h8-18,22-23,25-32,38,40,49-54,66H,5-7,19-20,33-37,39H2,1-4H3,(H,61,71)/t49-,50+,51-,52-,53+,54+,60-/m1/s1. The normalized spacial score (nSPS) is 23.0. The van der Waals surface area contributed by atoms with Gasteiger partial charge in [-0.1, -0.05) is 154 Å². The van der Waals surface area contributed by atoms with Crippen molar-refractivity contribution >= 4 is 35.5 Å². The number of amides is 4. The molecule has 4 aliphatic rings. The van der Waals surface area contributed by atoms with E-state index in [0.717, 1.165) is 48.1 Å². The molecule has 0 radical (unpaired) electrons. The summed E-state index contributed by atoms with van der Waals surface area (Å²) in [6.45, 7) is 4.93. The van der Waals surface area contributed by atoms with Crippen molar-refractivity contribution in [3.8, 4) is 17.6 Å². The monoisotopic (exact) mass is 999 g/mol. The Balaban J connectivity index is 1.34. The molecule has 14 heteroatoms. The zero-order chi connectivity index (χ0) is 51.9. The number of para-hydroxylation sites is 1. The second-order valence-corrected chi connectivity index (χ2v) is 20.0. The second kappa shape index (κ2) is 22.8. The van der Waals surface area contributed by atoms with Crippen molar-refractivity contribution in [1.29, 1.82) is 0 Å². The highest BCUT2D eigenvalue weighted by Crippen LogP contribution is 2.67. The third-order valence-corrected chi connectivity index (χ3v) is 14.9. The van der Waals surface area contributed by atoms with Crippen molar-refractivity contribution in [3.63, 3.8) is 0 Å². The van der Waals surface area contributed by atoms with Crippen LogP contribution in [0.3, 0.4) is 0 Å². The lowest BCUT2D eigenvalue weighted by Crippen LogP contribution is -2.58. The molecule has 0 aliphatic carbocycles. The molecule has 3 fully saturated rings. The number of imide groups is 1. The molecule has 74 heavy (non-hydrogen) atoms. The highest BCUT2D eigenvalue weighted by Gasteiger charge is 2.76. The van der Waals surface area contributed by atoms with E-state index in [1.54, 1.807) is 49.1 Å². The molecule has 0 aromatic heterocycles. The quantitative estimate of drug-likeness (QED) is 0.0873. The first-order valence-electron chi connectivity index (χ1n) is 25.8. The molecule has 0 unspecified atom stereocenters. The molecule has 5 aromatic carbocycles. The third-order valence-electron chi connectivity index (χ3n) is 14.9. The van der Waals surface area contributed by atoms with Crippen LogP contribution in [-0.2, 0) is 40.6 Å². The van der Waals surface area contributed by atoms with Gasteiger partial charge in [-0.05, 0) is 72.3 Å². The molecule has 5 aromatic rings. The second-order valence-electron chi connectivity index (χ2n) is 20.0. The fourth-order valence-electron chi connectivity index (χ4n) is 11.6. The molecule has 4 aliphatic heterocycles. The number of cyclic esters (lactones) is 1. The van der Waals surface area contributed by atoms with E-state index in [2.05, 4.69) is 34.2 Å². The minimum atomic E-state index is -2.08. The number of nitrogens with one attached hydrogen (secondary N) is 1. The van der Waals surface area contributed by atoms with Gasteiger partial charge in [0.05, 0.1) is 44.0 Å². The van der Waals surface area contributed by atoms with Crippen LogP contribution in [0.25, 0.3) is 0 Å². The Labute approximate surface area is 433 Å². The number of hydrogen-bond donors (Lipinski definition) is 2. The summed E-state index contributed by atoms with van der Waals surface area (Å²) in [7, 11) is 3.22. The lowest BCUT2D eigenvalue weighted by atomic mass is 9.64. The van der Waals surface area contributed by atoms with E-state index < -0.39 is 77.3 Å². The van der Waals surface area contributed by atoms with Crippen molar-refractivity contribution in [2.24, 2.45) is 11.8 Å². The number of anilines is 1. The van der Waals surface area contributed by atoms with Gasteiger partial charge in [0.2, 0.25) is 11.8 Å². The minimum Gasteiger partial charge on any atom is -0.491 e. The summed E-state index contributed by atoms with van der Waals surface area (Å²) in [6.07, 6.45) is 3.33. The molecular weight excluding hydrogens is 935 g/mol. The van der Waals surface area contributed by atoms with Crippen molar-refractivity contribution in [2.75, 3.05) is 51.9 Å². The van der Waals surface area contributed by atoms with Crippen LogP contribution >= 0.6 is 0 Å². The maximum Gasteiger partial charge on any atom is 0.329 e. The molecule has 14 nitrogen and oxygen atoms in total. The Bertz CT molecular complexity index is 2880. The average Bonchev–Trinajstić information content (AvgIpc) is 3.94. The number of likely N-dealkylation sites (tertiary alicyclic amines) is 1.